The minimum atomic E-state index is -0.262. The minimum Gasteiger partial charge on any atom is -0.459 e. The molecule has 0 bridgehead atoms. The van der Waals surface area contributed by atoms with E-state index in [4.69, 9.17) is 16.6 Å². The highest BCUT2D eigenvalue weighted by Crippen LogP contribution is 2.40. The molecule has 194 valence electrons. The standard InChI is InChI=1S/C31H25BrN4O2S/c32-22-13-11-21(12-14-22)26-15-16-27(38-26)30-29(25-9-3-4-18-33-25)35-31(39)36(30)19-17-28(37)34-24-10-5-7-20-6-1-2-8-23(20)24/h1-16,18,29-30H,17,19H2,(H,34,37)(H,35,39)/t29-,30-/m0/s1. The van der Waals surface area contributed by atoms with Gasteiger partial charge in [-0.15, -0.1) is 0 Å². The molecular weight excluding hydrogens is 572 g/mol. The van der Waals surface area contributed by atoms with E-state index in [0.29, 0.717) is 11.7 Å². The largest absolute Gasteiger partial charge is 0.459 e. The number of pyridine rings is 1. The number of hydrogen-bond acceptors (Lipinski definition) is 4. The SMILES string of the molecule is O=C(CCN1C(=S)N[C@@H](c2ccccn2)[C@@H]1c1ccc(-c2ccc(Br)cc2)o1)Nc1cccc2ccccc12. The van der Waals surface area contributed by atoms with Crippen LogP contribution in [0.15, 0.2) is 112 Å². The molecule has 5 aromatic rings. The van der Waals surface area contributed by atoms with E-state index in [9.17, 15) is 4.79 Å². The molecule has 1 aliphatic heterocycles. The summed E-state index contributed by atoms with van der Waals surface area (Å²) in [7, 11) is 0. The van der Waals surface area contributed by atoms with Crippen molar-refractivity contribution >= 4 is 55.6 Å². The third kappa shape index (κ3) is 5.30. The quantitative estimate of drug-likeness (QED) is 0.193. The van der Waals surface area contributed by atoms with E-state index in [0.717, 1.165) is 43.7 Å². The molecule has 1 aliphatic rings. The molecule has 6 nitrogen and oxygen atoms in total. The smallest absolute Gasteiger partial charge is 0.226 e. The average Bonchev–Trinajstić information content (AvgIpc) is 3.57. The fourth-order valence-electron chi connectivity index (χ4n) is 5.01. The summed E-state index contributed by atoms with van der Waals surface area (Å²) in [6, 6.07) is 31.2. The van der Waals surface area contributed by atoms with Gasteiger partial charge in [0.05, 0.1) is 11.7 Å². The first-order valence-corrected chi connectivity index (χ1v) is 13.9. The Balaban J connectivity index is 1.25. The maximum absolute atomic E-state index is 13.1. The van der Waals surface area contributed by atoms with Crippen molar-refractivity contribution in [2.45, 2.75) is 18.5 Å². The second kappa shape index (κ2) is 11.0. The zero-order valence-corrected chi connectivity index (χ0v) is 23.3. The topological polar surface area (TPSA) is 70.4 Å². The van der Waals surface area contributed by atoms with Gasteiger partial charge in [0, 0.05) is 40.3 Å². The van der Waals surface area contributed by atoms with E-state index >= 15 is 0 Å². The first-order chi connectivity index (χ1) is 19.1. The molecule has 3 heterocycles. The van der Waals surface area contributed by atoms with Crippen LogP contribution >= 0.6 is 28.1 Å². The van der Waals surface area contributed by atoms with Gasteiger partial charge in [-0.05, 0) is 60.1 Å². The van der Waals surface area contributed by atoms with Crippen molar-refractivity contribution < 1.29 is 9.21 Å². The third-order valence-corrected chi connectivity index (χ3v) is 7.77. The lowest BCUT2D eigenvalue weighted by Crippen LogP contribution is -2.32. The highest BCUT2D eigenvalue weighted by atomic mass is 79.9. The van der Waals surface area contributed by atoms with E-state index in [-0.39, 0.29) is 24.4 Å². The van der Waals surface area contributed by atoms with Gasteiger partial charge in [0.25, 0.3) is 0 Å². The fourth-order valence-corrected chi connectivity index (χ4v) is 5.60. The normalized spacial score (nSPS) is 16.8. The molecule has 2 atom stereocenters. The summed E-state index contributed by atoms with van der Waals surface area (Å²) in [5, 5.41) is 9.16. The van der Waals surface area contributed by atoms with Crippen LogP contribution in [0.4, 0.5) is 5.69 Å². The second-order valence-electron chi connectivity index (χ2n) is 9.35. The summed E-state index contributed by atoms with van der Waals surface area (Å²) in [4.78, 5) is 19.7. The van der Waals surface area contributed by atoms with Crippen LogP contribution in [0.3, 0.4) is 0 Å². The summed E-state index contributed by atoms with van der Waals surface area (Å²) in [5.41, 5.74) is 2.64. The number of thiocarbonyl (C=S) groups is 1. The Bertz CT molecular complexity index is 1630. The van der Waals surface area contributed by atoms with Crippen molar-refractivity contribution in [2.24, 2.45) is 0 Å². The lowest BCUT2D eigenvalue weighted by Gasteiger charge is -2.26. The summed E-state index contributed by atoms with van der Waals surface area (Å²) in [6.07, 6.45) is 2.03. The van der Waals surface area contributed by atoms with Gasteiger partial charge in [0.1, 0.15) is 17.6 Å². The van der Waals surface area contributed by atoms with Gasteiger partial charge < -0.3 is 20.0 Å². The molecule has 8 heteroatoms. The van der Waals surface area contributed by atoms with Crippen LogP contribution in [0, 0.1) is 0 Å². The summed E-state index contributed by atoms with van der Waals surface area (Å²) in [6.45, 7) is 0.421. The maximum Gasteiger partial charge on any atom is 0.226 e. The minimum absolute atomic E-state index is 0.0795. The lowest BCUT2D eigenvalue weighted by atomic mass is 10.0. The molecule has 1 amide bonds. The number of halogens is 1. The summed E-state index contributed by atoms with van der Waals surface area (Å²) in [5.74, 6) is 1.44. The van der Waals surface area contributed by atoms with Crippen molar-refractivity contribution in [2.75, 3.05) is 11.9 Å². The molecule has 0 aliphatic carbocycles. The molecule has 1 saturated heterocycles. The zero-order chi connectivity index (χ0) is 26.8. The molecular formula is C31H25BrN4O2S. The van der Waals surface area contributed by atoms with Gasteiger partial charge in [-0.1, -0.05) is 70.5 Å². The van der Waals surface area contributed by atoms with Crippen LogP contribution in [0.2, 0.25) is 0 Å². The molecule has 0 unspecified atom stereocenters. The highest BCUT2D eigenvalue weighted by molar-refractivity contribution is 9.10. The first-order valence-electron chi connectivity index (χ1n) is 12.7. The number of anilines is 1. The molecule has 3 aromatic carbocycles. The Labute approximate surface area is 240 Å². The first kappa shape index (κ1) is 25.3. The van der Waals surface area contributed by atoms with Gasteiger partial charge in [-0.2, -0.15) is 0 Å². The molecule has 39 heavy (non-hydrogen) atoms. The van der Waals surface area contributed by atoms with E-state index in [1.54, 1.807) is 6.20 Å². The van der Waals surface area contributed by atoms with E-state index in [1.165, 1.54) is 0 Å². The maximum atomic E-state index is 13.1. The van der Waals surface area contributed by atoms with Crippen molar-refractivity contribution in [3.05, 3.63) is 119 Å². The van der Waals surface area contributed by atoms with Crippen molar-refractivity contribution in [1.29, 1.82) is 0 Å². The number of fused-ring (bicyclic) bond motifs is 1. The number of nitrogens with zero attached hydrogens (tertiary/aromatic N) is 2. The van der Waals surface area contributed by atoms with Crippen LogP contribution in [0.5, 0.6) is 0 Å². The second-order valence-corrected chi connectivity index (χ2v) is 10.7. The van der Waals surface area contributed by atoms with Crippen LogP contribution in [-0.2, 0) is 4.79 Å². The number of hydrogen-bond donors (Lipinski definition) is 2. The zero-order valence-electron chi connectivity index (χ0n) is 20.9. The number of benzene rings is 3. The average molecular weight is 598 g/mol. The van der Waals surface area contributed by atoms with Crippen LogP contribution in [-0.4, -0.2) is 27.4 Å². The van der Waals surface area contributed by atoms with Gasteiger partial charge in [0.2, 0.25) is 5.91 Å². The molecule has 2 aromatic heterocycles. The Kier molecular flexibility index (Phi) is 7.13. The number of furan rings is 1. The molecule has 0 saturated carbocycles. The third-order valence-electron chi connectivity index (χ3n) is 6.89. The van der Waals surface area contributed by atoms with Crippen molar-refractivity contribution in [3.8, 4) is 11.3 Å². The Morgan fingerprint density at radius 3 is 2.59 bits per heavy atom. The predicted molar refractivity (Wildman–Crippen MR) is 161 cm³/mol. The van der Waals surface area contributed by atoms with Crippen LogP contribution < -0.4 is 10.6 Å². The fraction of sp³-hybridized carbons (Fsp3) is 0.129. The molecule has 2 N–H and O–H groups in total. The van der Waals surface area contributed by atoms with Gasteiger partial charge in [-0.25, -0.2) is 0 Å². The summed E-state index contributed by atoms with van der Waals surface area (Å²) < 4.78 is 7.40. The molecule has 6 rings (SSSR count). The predicted octanol–water partition coefficient (Wildman–Crippen LogP) is 7.26. The van der Waals surface area contributed by atoms with Crippen molar-refractivity contribution in [3.63, 3.8) is 0 Å². The lowest BCUT2D eigenvalue weighted by molar-refractivity contribution is -0.116. The number of aromatic nitrogens is 1. The number of rotatable bonds is 7. The Hall–Kier alpha value is -4.01. The Morgan fingerprint density at radius 1 is 0.974 bits per heavy atom. The summed E-state index contributed by atoms with van der Waals surface area (Å²) >= 11 is 9.25. The van der Waals surface area contributed by atoms with Gasteiger partial charge >= 0.3 is 0 Å². The molecule has 0 spiro atoms. The van der Waals surface area contributed by atoms with Gasteiger partial charge in [0.15, 0.2) is 5.11 Å². The number of carbonyl (C=O) groups excluding carboxylic acids is 1. The van der Waals surface area contributed by atoms with Gasteiger partial charge in [-0.3, -0.25) is 9.78 Å². The van der Waals surface area contributed by atoms with Crippen LogP contribution in [0.1, 0.15) is 30.0 Å². The van der Waals surface area contributed by atoms with Crippen molar-refractivity contribution in [1.82, 2.24) is 15.2 Å². The Morgan fingerprint density at radius 2 is 1.77 bits per heavy atom. The monoisotopic (exact) mass is 596 g/mol. The number of carbonyl (C=O) groups is 1. The number of nitrogens with one attached hydrogen (secondary N) is 2. The molecule has 1 fully saturated rings. The van der Waals surface area contributed by atoms with E-state index in [2.05, 4.69) is 31.5 Å². The van der Waals surface area contributed by atoms with E-state index < -0.39 is 0 Å². The molecule has 0 radical (unpaired) electrons. The highest BCUT2D eigenvalue weighted by Gasteiger charge is 2.41. The van der Waals surface area contributed by atoms with Crippen LogP contribution in [0.25, 0.3) is 22.1 Å². The van der Waals surface area contributed by atoms with E-state index in [1.807, 2.05) is 102 Å². The number of amides is 1.